The first-order chi connectivity index (χ1) is 5.04. The van der Waals surface area contributed by atoms with Gasteiger partial charge in [0.2, 0.25) is 0 Å². The van der Waals surface area contributed by atoms with Crippen LogP contribution in [0.25, 0.3) is 0 Å². The summed E-state index contributed by atoms with van der Waals surface area (Å²) in [7, 11) is 1.67. The molecule has 0 aromatic rings. The molecule has 0 rings (SSSR count). The lowest BCUT2D eigenvalue weighted by molar-refractivity contribution is 0.00598. The Morgan fingerprint density at radius 3 is 2.36 bits per heavy atom. The lowest BCUT2D eigenvalue weighted by Gasteiger charge is -2.30. The predicted octanol–water partition coefficient (Wildman–Crippen LogP) is 2.13. The van der Waals surface area contributed by atoms with Crippen LogP contribution >= 0.6 is 0 Å². The van der Waals surface area contributed by atoms with Gasteiger partial charge < -0.3 is 10.5 Å². The third-order valence-electron chi connectivity index (χ3n) is 2.20. The Kier molecular flexibility index (Phi) is 4.69. The quantitative estimate of drug-likeness (QED) is 0.624. The Hall–Kier alpha value is -0.0800. The molecule has 0 saturated heterocycles. The number of ether oxygens (including phenoxy) is 1. The summed E-state index contributed by atoms with van der Waals surface area (Å²) in [5.41, 5.74) is 5.89. The molecule has 1 unspecified atom stereocenters. The Labute approximate surface area is 70.1 Å². The van der Waals surface area contributed by atoms with E-state index in [0.717, 1.165) is 6.42 Å². The molecule has 0 aliphatic rings. The second kappa shape index (κ2) is 4.73. The Morgan fingerprint density at radius 1 is 1.45 bits per heavy atom. The SMILES string of the molecule is CCCCC(C)(C)C(N)OC. The summed E-state index contributed by atoms with van der Waals surface area (Å²) in [5.74, 6) is 0. The van der Waals surface area contributed by atoms with Crippen LogP contribution < -0.4 is 5.73 Å². The molecule has 0 aromatic carbocycles. The predicted molar refractivity (Wildman–Crippen MR) is 48.3 cm³/mol. The summed E-state index contributed by atoms with van der Waals surface area (Å²) in [4.78, 5) is 0. The smallest absolute Gasteiger partial charge is 0.110 e. The maximum Gasteiger partial charge on any atom is 0.110 e. The highest BCUT2D eigenvalue weighted by Gasteiger charge is 2.25. The highest BCUT2D eigenvalue weighted by Crippen LogP contribution is 2.26. The first kappa shape index (κ1) is 10.9. The van der Waals surface area contributed by atoms with Crippen LogP contribution in [0.5, 0.6) is 0 Å². The van der Waals surface area contributed by atoms with E-state index in [2.05, 4.69) is 20.8 Å². The van der Waals surface area contributed by atoms with Crippen LogP contribution in [-0.2, 0) is 4.74 Å². The van der Waals surface area contributed by atoms with Gasteiger partial charge in [0, 0.05) is 12.5 Å². The lowest BCUT2D eigenvalue weighted by Crippen LogP contribution is -2.38. The van der Waals surface area contributed by atoms with E-state index in [1.807, 2.05) is 0 Å². The molecule has 2 N–H and O–H groups in total. The molecule has 0 aliphatic carbocycles. The third kappa shape index (κ3) is 3.73. The van der Waals surface area contributed by atoms with Gasteiger partial charge >= 0.3 is 0 Å². The van der Waals surface area contributed by atoms with Crippen LogP contribution in [0, 0.1) is 5.41 Å². The van der Waals surface area contributed by atoms with Crippen molar-refractivity contribution in [3.8, 4) is 0 Å². The number of methoxy groups -OCH3 is 1. The zero-order valence-electron chi connectivity index (χ0n) is 8.18. The molecule has 0 amide bonds. The van der Waals surface area contributed by atoms with Crippen LogP contribution in [0.2, 0.25) is 0 Å². The molecule has 2 nitrogen and oxygen atoms in total. The van der Waals surface area contributed by atoms with E-state index in [1.54, 1.807) is 7.11 Å². The molecule has 0 bridgehead atoms. The van der Waals surface area contributed by atoms with Crippen LogP contribution in [-0.4, -0.2) is 13.3 Å². The Balaban J connectivity index is 3.77. The number of hydrogen-bond donors (Lipinski definition) is 1. The largest absolute Gasteiger partial charge is 0.366 e. The number of nitrogens with two attached hydrogens (primary N) is 1. The normalized spacial score (nSPS) is 15.0. The summed E-state index contributed by atoms with van der Waals surface area (Å²) in [5, 5.41) is 0. The van der Waals surface area contributed by atoms with Gasteiger partial charge in [-0.2, -0.15) is 0 Å². The van der Waals surface area contributed by atoms with Crippen LogP contribution in [0.3, 0.4) is 0 Å². The lowest BCUT2D eigenvalue weighted by atomic mass is 9.85. The van der Waals surface area contributed by atoms with Crippen LogP contribution in [0.4, 0.5) is 0 Å². The van der Waals surface area contributed by atoms with E-state index in [9.17, 15) is 0 Å². The van der Waals surface area contributed by atoms with Gasteiger partial charge in [-0.25, -0.2) is 0 Å². The van der Waals surface area contributed by atoms with Gasteiger partial charge in [-0.15, -0.1) is 0 Å². The molecule has 0 fully saturated rings. The van der Waals surface area contributed by atoms with Crippen molar-refractivity contribution < 1.29 is 4.74 Å². The fraction of sp³-hybridized carbons (Fsp3) is 1.00. The summed E-state index contributed by atoms with van der Waals surface area (Å²) in [6.45, 7) is 6.49. The Morgan fingerprint density at radius 2 is 2.00 bits per heavy atom. The zero-order valence-corrected chi connectivity index (χ0v) is 8.18. The molecule has 11 heavy (non-hydrogen) atoms. The molecule has 2 heteroatoms. The van der Waals surface area contributed by atoms with Gasteiger partial charge in [0.05, 0.1) is 0 Å². The van der Waals surface area contributed by atoms with Crippen molar-refractivity contribution in [2.45, 2.75) is 46.3 Å². The summed E-state index contributed by atoms with van der Waals surface area (Å²) >= 11 is 0. The maximum absolute atomic E-state index is 5.77. The fourth-order valence-electron chi connectivity index (χ4n) is 1.09. The molecule has 1 atom stereocenters. The standard InChI is InChI=1S/C9H21NO/c1-5-6-7-9(2,3)8(10)11-4/h8H,5-7,10H2,1-4H3. The van der Waals surface area contributed by atoms with Crippen molar-refractivity contribution in [3.05, 3.63) is 0 Å². The van der Waals surface area contributed by atoms with Crippen molar-refractivity contribution >= 4 is 0 Å². The van der Waals surface area contributed by atoms with Gasteiger partial charge in [0.1, 0.15) is 6.23 Å². The van der Waals surface area contributed by atoms with Gasteiger partial charge in [0.15, 0.2) is 0 Å². The second-order valence-electron chi connectivity index (χ2n) is 3.75. The number of hydrogen-bond acceptors (Lipinski definition) is 2. The molecular formula is C9H21NO. The fourth-order valence-corrected chi connectivity index (χ4v) is 1.09. The zero-order chi connectivity index (χ0) is 8.91. The van der Waals surface area contributed by atoms with Crippen molar-refractivity contribution in [2.75, 3.05) is 7.11 Å². The summed E-state index contributed by atoms with van der Waals surface area (Å²) in [6, 6.07) is 0. The third-order valence-corrected chi connectivity index (χ3v) is 2.20. The van der Waals surface area contributed by atoms with Gasteiger partial charge in [-0.1, -0.05) is 33.6 Å². The highest BCUT2D eigenvalue weighted by atomic mass is 16.5. The van der Waals surface area contributed by atoms with Crippen molar-refractivity contribution in [2.24, 2.45) is 11.1 Å². The van der Waals surface area contributed by atoms with E-state index in [0.29, 0.717) is 0 Å². The molecule has 0 aliphatic heterocycles. The molecule has 0 spiro atoms. The maximum atomic E-state index is 5.77. The van der Waals surface area contributed by atoms with Gasteiger partial charge in [-0.05, 0) is 6.42 Å². The summed E-state index contributed by atoms with van der Waals surface area (Å²) in [6.07, 6.45) is 3.46. The second-order valence-corrected chi connectivity index (χ2v) is 3.75. The van der Waals surface area contributed by atoms with E-state index >= 15 is 0 Å². The van der Waals surface area contributed by atoms with E-state index in [4.69, 9.17) is 10.5 Å². The van der Waals surface area contributed by atoms with Crippen molar-refractivity contribution in [1.82, 2.24) is 0 Å². The first-order valence-corrected chi connectivity index (χ1v) is 4.33. The minimum Gasteiger partial charge on any atom is -0.366 e. The van der Waals surface area contributed by atoms with Crippen LogP contribution in [0.15, 0.2) is 0 Å². The number of unbranched alkanes of at least 4 members (excludes halogenated alkanes) is 1. The summed E-state index contributed by atoms with van der Waals surface area (Å²) < 4.78 is 5.09. The van der Waals surface area contributed by atoms with Crippen molar-refractivity contribution in [1.29, 1.82) is 0 Å². The first-order valence-electron chi connectivity index (χ1n) is 4.33. The average Bonchev–Trinajstić information content (AvgIpc) is 1.99. The van der Waals surface area contributed by atoms with Crippen LogP contribution in [0.1, 0.15) is 40.0 Å². The van der Waals surface area contributed by atoms with Gasteiger partial charge in [-0.3, -0.25) is 0 Å². The molecule has 0 saturated carbocycles. The van der Waals surface area contributed by atoms with E-state index in [-0.39, 0.29) is 11.6 Å². The Bertz CT molecular complexity index is 102. The van der Waals surface area contributed by atoms with Gasteiger partial charge in [0.25, 0.3) is 0 Å². The monoisotopic (exact) mass is 159 g/mol. The minimum atomic E-state index is -0.131. The molecule has 0 radical (unpaired) electrons. The average molecular weight is 159 g/mol. The molecule has 0 heterocycles. The minimum absolute atomic E-state index is 0.116. The molecular weight excluding hydrogens is 138 g/mol. The van der Waals surface area contributed by atoms with E-state index < -0.39 is 0 Å². The highest BCUT2D eigenvalue weighted by molar-refractivity contribution is 4.73. The molecule has 0 aromatic heterocycles. The van der Waals surface area contributed by atoms with E-state index in [1.165, 1.54) is 12.8 Å². The topological polar surface area (TPSA) is 35.2 Å². The van der Waals surface area contributed by atoms with Crippen molar-refractivity contribution in [3.63, 3.8) is 0 Å². The number of rotatable bonds is 5. The molecule has 68 valence electrons.